The quantitative estimate of drug-likeness (QED) is 0.820. The van der Waals surface area contributed by atoms with Crippen LogP contribution in [-0.2, 0) is 0 Å². The van der Waals surface area contributed by atoms with Gasteiger partial charge in [-0.1, -0.05) is 25.4 Å². The minimum absolute atomic E-state index is 0.113. The molecule has 26 heavy (non-hydrogen) atoms. The molecule has 0 saturated carbocycles. The Labute approximate surface area is 156 Å². The fraction of sp³-hybridized carbons (Fsp3) is 0.444. The lowest BCUT2D eigenvalue weighted by molar-refractivity contribution is 0.102. The topological polar surface area (TPSA) is 71.0 Å². The summed E-state index contributed by atoms with van der Waals surface area (Å²) in [7, 11) is 0. The first kappa shape index (κ1) is 18.5. The molecule has 0 radical (unpaired) electrons. The van der Waals surface area contributed by atoms with E-state index in [-0.39, 0.29) is 29.2 Å². The summed E-state index contributed by atoms with van der Waals surface area (Å²) in [6.07, 6.45) is 3.22. The third-order valence-corrected chi connectivity index (χ3v) is 4.67. The highest BCUT2D eigenvalue weighted by atomic mass is 35.5. The summed E-state index contributed by atoms with van der Waals surface area (Å²) in [5, 5.41) is 2.86. The fourth-order valence-corrected chi connectivity index (χ4v) is 3.05. The van der Waals surface area contributed by atoms with Crippen LogP contribution in [0.2, 0.25) is 5.15 Å². The maximum Gasteiger partial charge on any atom is 0.257 e. The first-order valence-electron chi connectivity index (χ1n) is 8.48. The van der Waals surface area contributed by atoms with E-state index < -0.39 is 5.67 Å². The van der Waals surface area contributed by atoms with Gasteiger partial charge in [0.15, 0.2) is 11.0 Å². The van der Waals surface area contributed by atoms with E-state index in [0.717, 1.165) is 5.69 Å². The summed E-state index contributed by atoms with van der Waals surface area (Å²) in [5.41, 5.74) is 0.291. The second-order valence-electron chi connectivity index (χ2n) is 7.03. The number of anilines is 2. The molecule has 1 N–H and O–H groups in total. The SMILES string of the molecule is CC(C)c1ccc(C(=O)Nc2c(Cl)ncnc2N2CCC(C)(F)C2)cn1. The molecule has 0 bridgehead atoms. The number of carbonyl (C=O) groups is 1. The van der Waals surface area contributed by atoms with Crippen LogP contribution in [0.4, 0.5) is 15.9 Å². The Morgan fingerprint density at radius 1 is 1.35 bits per heavy atom. The molecule has 2 aromatic rings. The first-order chi connectivity index (χ1) is 12.3. The van der Waals surface area contributed by atoms with Gasteiger partial charge in [0.1, 0.15) is 17.7 Å². The van der Waals surface area contributed by atoms with Crippen molar-refractivity contribution in [1.82, 2.24) is 15.0 Å². The van der Waals surface area contributed by atoms with Crippen LogP contribution in [0.5, 0.6) is 0 Å². The van der Waals surface area contributed by atoms with Crippen LogP contribution >= 0.6 is 11.6 Å². The summed E-state index contributed by atoms with van der Waals surface area (Å²) in [6, 6.07) is 3.53. The molecule has 1 atom stereocenters. The number of amides is 1. The summed E-state index contributed by atoms with van der Waals surface area (Å²) >= 11 is 6.18. The number of aromatic nitrogens is 3. The van der Waals surface area contributed by atoms with Gasteiger partial charge in [-0.05, 0) is 25.0 Å². The van der Waals surface area contributed by atoms with E-state index in [9.17, 15) is 9.18 Å². The van der Waals surface area contributed by atoms with Gasteiger partial charge in [0.25, 0.3) is 5.91 Å². The van der Waals surface area contributed by atoms with Crippen LogP contribution < -0.4 is 10.2 Å². The fourth-order valence-electron chi connectivity index (χ4n) is 2.87. The predicted molar refractivity (Wildman–Crippen MR) is 99.7 cm³/mol. The van der Waals surface area contributed by atoms with E-state index in [0.29, 0.717) is 24.3 Å². The highest BCUT2D eigenvalue weighted by Crippen LogP contribution is 2.35. The van der Waals surface area contributed by atoms with Gasteiger partial charge >= 0.3 is 0 Å². The molecule has 2 aromatic heterocycles. The van der Waals surface area contributed by atoms with Crippen molar-refractivity contribution in [2.45, 2.75) is 38.8 Å². The minimum atomic E-state index is -1.30. The molecule has 0 aliphatic carbocycles. The Hall–Kier alpha value is -2.28. The van der Waals surface area contributed by atoms with Crippen molar-refractivity contribution < 1.29 is 9.18 Å². The van der Waals surface area contributed by atoms with Crippen molar-refractivity contribution in [3.8, 4) is 0 Å². The third kappa shape index (κ3) is 3.93. The molecule has 6 nitrogen and oxygen atoms in total. The standard InChI is InChI=1S/C18H21ClFN5O/c1-11(2)13-5-4-12(8-21-13)17(26)24-14-15(19)22-10-23-16(14)25-7-6-18(3,20)9-25/h4-5,8,10-11H,6-7,9H2,1-3H3,(H,24,26). The number of halogens is 2. The molecule has 1 saturated heterocycles. The Morgan fingerprint density at radius 3 is 2.69 bits per heavy atom. The van der Waals surface area contributed by atoms with Crippen molar-refractivity contribution in [3.63, 3.8) is 0 Å². The third-order valence-electron chi connectivity index (χ3n) is 4.38. The minimum Gasteiger partial charge on any atom is -0.351 e. The van der Waals surface area contributed by atoms with E-state index in [2.05, 4.69) is 20.3 Å². The maximum absolute atomic E-state index is 14.2. The second-order valence-corrected chi connectivity index (χ2v) is 7.39. The predicted octanol–water partition coefficient (Wildman–Crippen LogP) is 3.84. The van der Waals surface area contributed by atoms with Gasteiger partial charge < -0.3 is 10.2 Å². The smallest absolute Gasteiger partial charge is 0.257 e. The average molecular weight is 378 g/mol. The molecule has 8 heteroatoms. The monoisotopic (exact) mass is 377 g/mol. The van der Waals surface area contributed by atoms with Gasteiger partial charge in [0.05, 0.1) is 12.1 Å². The van der Waals surface area contributed by atoms with Gasteiger partial charge in [-0.25, -0.2) is 14.4 Å². The van der Waals surface area contributed by atoms with E-state index >= 15 is 0 Å². The zero-order valence-corrected chi connectivity index (χ0v) is 15.7. The maximum atomic E-state index is 14.2. The molecule has 1 aliphatic heterocycles. The van der Waals surface area contributed by atoms with Crippen molar-refractivity contribution >= 4 is 29.0 Å². The van der Waals surface area contributed by atoms with Gasteiger partial charge in [0.2, 0.25) is 0 Å². The molecule has 1 amide bonds. The van der Waals surface area contributed by atoms with E-state index in [4.69, 9.17) is 11.6 Å². The normalized spacial score (nSPS) is 19.8. The van der Waals surface area contributed by atoms with Crippen molar-refractivity contribution in [3.05, 3.63) is 41.1 Å². The molecule has 0 spiro atoms. The van der Waals surface area contributed by atoms with Gasteiger partial charge in [-0.15, -0.1) is 0 Å². The van der Waals surface area contributed by atoms with E-state index in [1.54, 1.807) is 17.9 Å². The molecular weight excluding hydrogens is 357 g/mol. The zero-order chi connectivity index (χ0) is 18.9. The van der Waals surface area contributed by atoms with Crippen molar-refractivity contribution in [2.24, 2.45) is 0 Å². The van der Waals surface area contributed by atoms with Gasteiger partial charge in [-0.3, -0.25) is 9.78 Å². The summed E-state index contributed by atoms with van der Waals surface area (Å²) in [5.74, 6) is 0.334. The Balaban J connectivity index is 1.84. The molecule has 0 aromatic carbocycles. The number of pyridine rings is 1. The Bertz CT molecular complexity index is 810. The zero-order valence-electron chi connectivity index (χ0n) is 15.0. The van der Waals surface area contributed by atoms with Gasteiger partial charge in [-0.2, -0.15) is 0 Å². The van der Waals surface area contributed by atoms with Crippen molar-refractivity contribution in [1.29, 1.82) is 0 Å². The van der Waals surface area contributed by atoms with Crippen molar-refractivity contribution in [2.75, 3.05) is 23.3 Å². The number of rotatable bonds is 4. The lowest BCUT2D eigenvalue weighted by Gasteiger charge is -2.21. The molecular formula is C18H21ClFN5O. The van der Waals surface area contributed by atoms with Crippen LogP contribution in [0.25, 0.3) is 0 Å². The number of alkyl halides is 1. The number of carbonyl (C=O) groups excluding carboxylic acids is 1. The van der Waals surface area contributed by atoms with E-state index in [1.165, 1.54) is 12.5 Å². The number of hydrogen-bond acceptors (Lipinski definition) is 5. The molecule has 1 aliphatic rings. The summed E-state index contributed by atoms with van der Waals surface area (Å²) in [4.78, 5) is 26.8. The molecule has 1 fully saturated rings. The lowest BCUT2D eigenvalue weighted by Crippen LogP contribution is -2.28. The lowest BCUT2D eigenvalue weighted by atomic mass is 10.1. The largest absolute Gasteiger partial charge is 0.351 e. The van der Waals surface area contributed by atoms with Crippen LogP contribution in [-0.4, -0.2) is 39.6 Å². The second kappa shape index (κ2) is 7.15. The number of hydrogen-bond donors (Lipinski definition) is 1. The van der Waals surface area contributed by atoms with Crippen LogP contribution in [0.1, 0.15) is 49.2 Å². The summed E-state index contributed by atoms with van der Waals surface area (Å²) in [6.45, 7) is 6.30. The number of nitrogens with one attached hydrogen (secondary N) is 1. The van der Waals surface area contributed by atoms with Gasteiger partial charge in [0, 0.05) is 24.9 Å². The number of nitrogens with zero attached hydrogens (tertiary/aromatic N) is 4. The van der Waals surface area contributed by atoms with Crippen LogP contribution in [0.3, 0.4) is 0 Å². The summed E-state index contributed by atoms with van der Waals surface area (Å²) < 4.78 is 14.2. The highest BCUT2D eigenvalue weighted by Gasteiger charge is 2.35. The highest BCUT2D eigenvalue weighted by molar-refractivity contribution is 6.33. The molecule has 3 heterocycles. The van der Waals surface area contributed by atoms with Crippen LogP contribution in [0, 0.1) is 0 Å². The van der Waals surface area contributed by atoms with Crippen LogP contribution in [0.15, 0.2) is 24.7 Å². The average Bonchev–Trinajstić information content (AvgIpc) is 2.96. The van der Waals surface area contributed by atoms with E-state index in [1.807, 2.05) is 19.9 Å². The Morgan fingerprint density at radius 2 is 2.12 bits per heavy atom. The molecule has 138 valence electrons. The molecule has 1 unspecified atom stereocenters. The molecule has 3 rings (SSSR count). The Kier molecular flexibility index (Phi) is 5.09. The first-order valence-corrected chi connectivity index (χ1v) is 8.86.